The van der Waals surface area contributed by atoms with Crippen molar-refractivity contribution in [1.82, 2.24) is 9.88 Å². The Kier molecular flexibility index (Phi) is 6.76. The quantitative estimate of drug-likeness (QED) is 0.832. The van der Waals surface area contributed by atoms with Crippen molar-refractivity contribution in [2.45, 2.75) is 46.5 Å². The molecule has 1 N–H and O–H groups in total. The third kappa shape index (κ3) is 5.05. The number of Topliss-reactive ketones (excluding diaryl/α,β-unsaturated/α-hetero) is 1. The lowest BCUT2D eigenvalue weighted by atomic mass is 9.89. The summed E-state index contributed by atoms with van der Waals surface area (Å²) in [5, 5.41) is 3.20. The second-order valence-corrected chi connectivity index (χ2v) is 7.01. The molecule has 24 heavy (non-hydrogen) atoms. The second kappa shape index (κ2) is 8.81. The van der Waals surface area contributed by atoms with E-state index in [-0.39, 0.29) is 11.8 Å². The van der Waals surface area contributed by atoms with E-state index in [1.165, 1.54) is 0 Å². The van der Waals surface area contributed by atoms with Crippen LogP contribution in [0.5, 0.6) is 0 Å². The monoisotopic (exact) mass is 331 g/mol. The first-order valence-corrected chi connectivity index (χ1v) is 9.03. The summed E-state index contributed by atoms with van der Waals surface area (Å²) in [7, 11) is 0. The number of anilines is 1. The molecule has 0 aliphatic carbocycles. The van der Waals surface area contributed by atoms with E-state index < -0.39 is 0 Å². The molecule has 1 amide bonds. The van der Waals surface area contributed by atoms with Crippen LogP contribution in [0.4, 0.5) is 5.82 Å². The van der Waals surface area contributed by atoms with Gasteiger partial charge in [0.1, 0.15) is 11.6 Å². The van der Waals surface area contributed by atoms with Crippen molar-refractivity contribution in [3.8, 4) is 0 Å². The molecule has 5 heteroatoms. The average molecular weight is 331 g/mol. The molecule has 5 nitrogen and oxygen atoms in total. The van der Waals surface area contributed by atoms with Crippen molar-refractivity contribution < 1.29 is 9.59 Å². The van der Waals surface area contributed by atoms with Crippen LogP contribution in [0.15, 0.2) is 18.3 Å². The Morgan fingerprint density at radius 3 is 2.79 bits per heavy atom. The minimum Gasteiger partial charge on any atom is -0.370 e. The number of piperidine rings is 1. The van der Waals surface area contributed by atoms with Crippen molar-refractivity contribution in [1.29, 1.82) is 0 Å². The fourth-order valence-corrected chi connectivity index (χ4v) is 3.05. The van der Waals surface area contributed by atoms with Gasteiger partial charge in [-0.05, 0) is 37.3 Å². The van der Waals surface area contributed by atoms with Crippen LogP contribution in [0.3, 0.4) is 0 Å². The number of nitrogens with one attached hydrogen (secondary N) is 1. The summed E-state index contributed by atoms with van der Waals surface area (Å²) in [5.74, 6) is 1.42. The highest BCUT2D eigenvalue weighted by Gasteiger charge is 2.29. The molecule has 0 spiro atoms. The first kappa shape index (κ1) is 18.4. The van der Waals surface area contributed by atoms with Gasteiger partial charge in [-0.3, -0.25) is 9.59 Å². The molecule has 1 atom stereocenters. The van der Waals surface area contributed by atoms with Crippen LogP contribution in [0, 0.1) is 11.8 Å². The van der Waals surface area contributed by atoms with Crippen molar-refractivity contribution in [2.75, 3.05) is 25.0 Å². The standard InChI is InChI=1S/C19H29N3O2/c1-4-9-20-18-8-7-15(12-21-18)19(24)22-10-5-6-16(13-22)17(23)11-14(2)3/h7-8,12,14,16H,4-6,9-11,13H2,1-3H3,(H,20,21). The van der Waals surface area contributed by atoms with Gasteiger partial charge in [0.05, 0.1) is 5.56 Å². The molecule has 0 saturated carbocycles. The van der Waals surface area contributed by atoms with Gasteiger partial charge in [-0.1, -0.05) is 20.8 Å². The highest BCUT2D eigenvalue weighted by Crippen LogP contribution is 2.22. The molecule has 1 unspecified atom stereocenters. The van der Waals surface area contributed by atoms with Crippen LogP contribution in [-0.4, -0.2) is 41.2 Å². The molecular formula is C19H29N3O2. The fraction of sp³-hybridized carbons (Fsp3) is 0.632. The number of carbonyl (C=O) groups is 2. The number of ketones is 1. The van der Waals surface area contributed by atoms with Crippen molar-refractivity contribution in [3.63, 3.8) is 0 Å². The van der Waals surface area contributed by atoms with Gasteiger partial charge in [0.25, 0.3) is 5.91 Å². The molecule has 1 aromatic rings. The summed E-state index contributed by atoms with van der Waals surface area (Å²) in [6.07, 6.45) is 5.05. The first-order chi connectivity index (χ1) is 11.5. The number of aromatic nitrogens is 1. The average Bonchev–Trinajstić information content (AvgIpc) is 2.59. The van der Waals surface area contributed by atoms with Gasteiger partial charge in [0, 0.05) is 38.2 Å². The topological polar surface area (TPSA) is 62.3 Å². The lowest BCUT2D eigenvalue weighted by Gasteiger charge is -2.32. The Hall–Kier alpha value is -1.91. The second-order valence-electron chi connectivity index (χ2n) is 7.01. The van der Waals surface area contributed by atoms with Crippen LogP contribution in [-0.2, 0) is 4.79 Å². The molecule has 0 radical (unpaired) electrons. The maximum absolute atomic E-state index is 12.7. The van der Waals surface area contributed by atoms with Gasteiger partial charge < -0.3 is 10.2 Å². The molecule has 0 aromatic carbocycles. The molecule has 0 bridgehead atoms. The number of carbonyl (C=O) groups excluding carboxylic acids is 2. The third-order valence-electron chi connectivity index (χ3n) is 4.34. The summed E-state index contributed by atoms with van der Waals surface area (Å²) in [5.41, 5.74) is 0.592. The zero-order valence-corrected chi connectivity index (χ0v) is 15.0. The zero-order chi connectivity index (χ0) is 17.5. The summed E-state index contributed by atoms with van der Waals surface area (Å²) in [6.45, 7) is 8.34. The molecule has 1 saturated heterocycles. The van der Waals surface area contributed by atoms with Crippen LogP contribution < -0.4 is 5.32 Å². The smallest absolute Gasteiger partial charge is 0.255 e. The molecule has 2 rings (SSSR count). The van der Waals surface area contributed by atoms with Gasteiger partial charge in [0.2, 0.25) is 0 Å². The van der Waals surface area contributed by atoms with E-state index >= 15 is 0 Å². The Morgan fingerprint density at radius 2 is 2.17 bits per heavy atom. The van der Waals surface area contributed by atoms with E-state index in [9.17, 15) is 9.59 Å². The number of nitrogens with zero attached hydrogens (tertiary/aromatic N) is 2. The lowest BCUT2D eigenvalue weighted by molar-refractivity contribution is -0.124. The van der Waals surface area contributed by atoms with E-state index in [0.29, 0.717) is 30.2 Å². The Labute approximate surface area is 144 Å². The number of rotatable bonds is 7. The van der Waals surface area contributed by atoms with Gasteiger partial charge in [-0.25, -0.2) is 4.98 Å². The van der Waals surface area contributed by atoms with Gasteiger partial charge >= 0.3 is 0 Å². The molecule has 1 aromatic heterocycles. The Bertz CT molecular complexity index is 554. The Balaban J connectivity index is 1.97. The predicted molar refractivity (Wildman–Crippen MR) is 96.1 cm³/mol. The van der Waals surface area contributed by atoms with Crippen LogP contribution in [0.1, 0.15) is 56.8 Å². The molecule has 132 valence electrons. The summed E-state index contributed by atoms with van der Waals surface area (Å²) >= 11 is 0. The van der Waals surface area contributed by atoms with E-state index in [1.54, 1.807) is 6.20 Å². The number of hydrogen-bond donors (Lipinski definition) is 1. The molecule has 1 aliphatic heterocycles. The third-order valence-corrected chi connectivity index (χ3v) is 4.34. The minimum absolute atomic E-state index is 0.0106. The maximum Gasteiger partial charge on any atom is 0.255 e. The van der Waals surface area contributed by atoms with Crippen LogP contribution in [0.2, 0.25) is 0 Å². The predicted octanol–water partition coefficient (Wildman–Crippen LogP) is 3.37. The lowest BCUT2D eigenvalue weighted by Crippen LogP contribution is -2.42. The highest BCUT2D eigenvalue weighted by molar-refractivity contribution is 5.94. The number of likely N-dealkylation sites (tertiary alicyclic amines) is 1. The largest absolute Gasteiger partial charge is 0.370 e. The van der Waals surface area contributed by atoms with Crippen molar-refractivity contribution in [2.24, 2.45) is 11.8 Å². The first-order valence-electron chi connectivity index (χ1n) is 9.03. The van der Waals surface area contributed by atoms with E-state index in [2.05, 4.69) is 31.1 Å². The number of amides is 1. The van der Waals surface area contributed by atoms with E-state index in [0.717, 1.165) is 38.2 Å². The molecule has 2 heterocycles. The molecule has 1 fully saturated rings. The minimum atomic E-state index is -0.0217. The normalized spacial score (nSPS) is 17.8. The fourth-order valence-electron chi connectivity index (χ4n) is 3.05. The summed E-state index contributed by atoms with van der Waals surface area (Å²) in [6, 6.07) is 3.65. The SMILES string of the molecule is CCCNc1ccc(C(=O)N2CCCC(C(=O)CC(C)C)C2)cn1. The van der Waals surface area contributed by atoms with Crippen molar-refractivity contribution in [3.05, 3.63) is 23.9 Å². The molecular weight excluding hydrogens is 302 g/mol. The van der Waals surface area contributed by atoms with Gasteiger partial charge in [-0.2, -0.15) is 0 Å². The summed E-state index contributed by atoms with van der Waals surface area (Å²) in [4.78, 5) is 31.1. The number of hydrogen-bond acceptors (Lipinski definition) is 4. The van der Waals surface area contributed by atoms with Crippen molar-refractivity contribution >= 4 is 17.5 Å². The number of pyridine rings is 1. The highest BCUT2D eigenvalue weighted by atomic mass is 16.2. The van der Waals surface area contributed by atoms with Gasteiger partial charge in [0.15, 0.2) is 0 Å². The maximum atomic E-state index is 12.7. The van der Waals surface area contributed by atoms with Gasteiger partial charge in [-0.15, -0.1) is 0 Å². The van der Waals surface area contributed by atoms with Crippen LogP contribution in [0.25, 0.3) is 0 Å². The summed E-state index contributed by atoms with van der Waals surface area (Å²) < 4.78 is 0. The molecule has 1 aliphatic rings. The Morgan fingerprint density at radius 1 is 1.38 bits per heavy atom. The van der Waals surface area contributed by atoms with E-state index in [1.807, 2.05) is 17.0 Å². The zero-order valence-electron chi connectivity index (χ0n) is 15.0. The van der Waals surface area contributed by atoms with E-state index in [4.69, 9.17) is 0 Å². The van der Waals surface area contributed by atoms with Crippen LogP contribution >= 0.6 is 0 Å².